The number of thiazole rings is 1. The monoisotopic (exact) mass is 277 g/mol. The van der Waals surface area contributed by atoms with Crippen molar-refractivity contribution in [1.82, 2.24) is 14.5 Å². The Morgan fingerprint density at radius 1 is 1.47 bits per heavy atom. The van der Waals surface area contributed by atoms with Crippen molar-refractivity contribution in [3.8, 4) is 0 Å². The van der Waals surface area contributed by atoms with Crippen molar-refractivity contribution in [2.75, 3.05) is 0 Å². The minimum atomic E-state index is -0.988. The molecule has 19 heavy (non-hydrogen) atoms. The summed E-state index contributed by atoms with van der Waals surface area (Å²) >= 11 is 1.36. The second kappa shape index (κ2) is 5.36. The van der Waals surface area contributed by atoms with Gasteiger partial charge in [0.25, 0.3) is 0 Å². The van der Waals surface area contributed by atoms with Gasteiger partial charge in [0.2, 0.25) is 0 Å². The van der Waals surface area contributed by atoms with Gasteiger partial charge in [0.1, 0.15) is 5.01 Å². The first-order valence-electron chi connectivity index (χ1n) is 5.89. The summed E-state index contributed by atoms with van der Waals surface area (Å²) in [6, 6.07) is 0.371. The molecule has 0 spiro atoms. The van der Waals surface area contributed by atoms with E-state index in [4.69, 9.17) is 5.11 Å². The van der Waals surface area contributed by atoms with E-state index in [-0.39, 0.29) is 5.69 Å². The summed E-state index contributed by atoms with van der Waals surface area (Å²) in [5.74, 6) is -0.988. The van der Waals surface area contributed by atoms with Crippen LogP contribution >= 0.6 is 11.3 Å². The first-order chi connectivity index (χ1) is 8.97. The predicted octanol–water partition coefficient (Wildman–Crippen LogP) is 3.10. The number of imidazole rings is 1. The van der Waals surface area contributed by atoms with Crippen molar-refractivity contribution >= 4 is 29.5 Å². The molecule has 0 amide bonds. The van der Waals surface area contributed by atoms with Gasteiger partial charge in [-0.25, -0.2) is 14.8 Å². The molecule has 2 rings (SSSR count). The molecule has 0 bridgehead atoms. The van der Waals surface area contributed by atoms with Crippen LogP contribution in [0.5, 0.6) is 0 Å². The molecule has 0 fully saturated rings. The van der Waals surface area contributed by atoms with Crippen LogP contribution in [0.25, 0.3) is 12.2 Å². The topological polar surface area (TPSA) is 68.0 Å². The third-order valence-electron chi connectivity index (χ3n) is 2.63. The minimum absolute atomic E-state index is 0.123. The number of carboxylic acid groups (broad SMARTS) is 1. The molecule has 6 heteroatoms. The van der Waals surface area contributed by atoms with Crippen LogP contribution in [0.3, 0.4) is 0 Å². The molecule has 0 aliphatic carbocycles. The number of aromatic nitrogens is 3. The van der Waals surface area contributed by atoms with E-state index in [2.05, 4.69) is 23.8 Å². The van der Waals surface area contributed by atoms with E-state index >= 15 is 0 Å². The molecular weight excluding hydrogens is 262 g/mol. The van der Waals surface area contributed by atoms with Crippen molar-refractivity contribution in [1.29, 1.82) is 0 Å². The second-order valence-corrected chi connectivity index (χ2v) is 5.67. The third kappa shape index (κ3) is 3.08. The number of carboxylic acids is 1. The standard InChI is InChI=1S/C13H15N3O2S/c1-8(2)16-6-10(14-7-16)4-5-11-15-12(13(17)18)9(3)19-11/h4-8H,1-3H3,(H,17,18)/b5-4+. The highest BCUT2D eigenvalue weighted by Crippen LogP contribution is 2.19. The molecule has 0 radical (unpaired) electrons. The highest BCUT2D eigenvalue weighted by atomic mass is 32.1. The summed E-state index contributed by atoms with van der Waals surface area (Å²) in [6.07, 6.45) is 7.35. The molecule has 0 unspecified atom stereocenters. The zero-order chi connectivity index (χ0) is 14.0. The van der Waals surface area contributed by atoms with Crippen molar-refractivity contribution < 1.29 is 9.90 Å². The number of hydrogen-bond acceptors (Lipinski definition) is 4. The molecular formula is C13H15N3O2S. The maximum absolute atomic E-state index is 10.9. The molecule has 2 aromatic heterocycles. The Morgan fingerprint density at radius 2 is 2.21 bits per heavy atom. The van der Waals surface area contributed by atoms with Crippen molar-refractivity contribution in [3.63, 3.8) is 0 Å². The van der Waals surface area contributed by atoms with Gasteiger partial charge in [-0.15, -0.1) is 11.3 Å². The van der Waals surface area contributed by atoms with Crippen LogP contribution in [0, 0.1) is 6.92 Å². The first-order valence-corrected chi connectivity index (χ1v) is 6.71. The molecule has 0 aliphatic rings. The SMILES string of the molecule is Cc1sc(/C=C/c2cn(C(C)C)cn2)nc1C(=O)O. The summed E-state index contributed by atoms with van der Waals surface area (Å²) < 4.78 is 2.01. The van der Waals surface area contributed by atoms with E-state index in [1.54, 1.807) is 19.3 Å². The molecule has 100 valence electrons. The van der Waals surface area contributed by atoms with Gasteiger partial charge < -0.3 is 9.67 Å². The van der Waals surface area contributed by atoms with Gasteiger partial charge in [0.15, 0.2) is 5.69 Å². The number of hydrogen-bond donors (Lipinski definition) is 1. The zero-order valence-corrected chi connectivity index (χ0v) is 11.8. The zero-order valence-electron chi connectivity index (χ0n) is 11.0. The van der Waals surface area contributed by atoms with E-state index in [9.17, 15) is 4.79 Å². The fourth-order valence-electron chi connectivity index (χ4n) is 1.56. The van der Waals surface area contributed by atoms with E-state index < -0.39 is 5.97 Å². The Labute approximate surface area is 115 Å². The molecule has 0 saturated heterocycles. The number of carbonyl (C=O) groups is 1. The van der Waals surface area contributed by atoms with Gasteiger partial charge in [-0.3, -0.25) is 0 Å². The number of rotatable bonds is 4. The molecule has 1 N–H and O–H groups in total. The summed E-state index contributed by atoms with van der Waals surface area (Å²) in [7, 11) is 0. The van der Waals surface area contributed by atoms with Gasteiger partial charge in [-0.1, -0.05) is 0 Å². The minimum Gasteiger partial charge on any atom is -0.476 e. The van der Waals surface area contributed by atoms with Crippen LogP contribution in [-0.2, 0) is 0 Å². The van der Waals surface area contributed by atoms with E-state index in [1.807, 2.05) is 16.8 Å². The third-order valence-corrected chi connectivity index (χ3v) is 3.57. The van der Waals surface area contributed by atoms with Crippen LogP contribution in [0.1, 0.15) is 46.0 Å². The maximum Gasteiger partial charge on any atom is 0.355 e. The molecule has 0 atom stereocenters. The Kier molecular flexibility index (Phi) is 3.80. The lowest BCUT2D eigenvalue weighted by atomic mass is 10.3. The van der Waals surface area contributed by atoms with Gasteiger partial charge >= 0.3 is 5.97 Å². The lowest BCUT2D eigenvalue weighted by Crippen LogP contribution is -1.98. The lowest BCUT2D eigenvalue weighted by Gasteiger charge is -2.03. The average molecular weight is 277 g/mol. The van der Waals surface area contributed by atoms with Crippen molar-refractivity contribution in [2.45, 2.75) is 26.8 Å². The fourth-order valence-corrected chi connectivity index (χ4v) is 2.38. The van der Waals surface area contributed by atoms with Gasteiger partial charge in [0, 0.05) is 17.1 Å². The first kappa shape index (κ1) is 13.5. The Morgan fingerprint density at radius 3 is 2.74 bits per heavy atom. The Bertz CT molecular complexity index is 626. The van der Waals surface area contributed by atoms with Crippen LogP contribution in [0.15, 0.2) is 12.5 Å². The van der Waals surface area contributed by atoms with Crippen LogP contribution in [0.2, 0.25) is 0 Å². The highest BCUT2D eigenvalue weighted by Gasteiger charge is 2.12. The van der Waals surface area contributed by atoms with E-state index in [0.29, 0.717) is 15.9 Å². The molecule has 5 nitrogen and oxygen atoms in total. The summed E-state index contributed by atoms with van der Waals surface area (Å²) in [6.45, 7) is 5.92. The molecule has 0 aliphatic heterocycles. The Balaban J connectivity index is 2.17. The average Bonchev–Trinajstić information content (AvgIpc) is 2.92. The highest BCUT2D eigenvalue weighted by molar-refractivity contribution is 7.12. The summed E-state index contributed by atoms with van der Waals surface area (Å²) in [5.41, 5.74) is 0.954. The van der Waals surface area contributed by atoms with Crippen LogP contribution in [-0.4, -0.2) is 25.6 Å². The normalized spacial score (nSPS) is 11.6. The van der Waals surface area contributed by atoms with Crippen LogP contribution < -0.4 is 0 Å². The van der Waals surface area contributed by atoms with Crippen LogP contribution in [0.4, 0.5) is 0 Å². The number of aromatic carboxylic acids is 1. The largest absolute Gasteiger partial charge is 0.476 e. The molecule has 2 aromatic rings. The fraction of sp³-hybridized carbons (Fsp3) is 0.308. The number of nitrogens with zero attached hydrogens (tertiary/aromatic N) is 3. The Hall–Kier alpha value is -1.95. The smallest absolute Gasteiger partial charge is 0.355 e. The van der Waals surface area contributed by atoms with E-state index in [0.717, 1.165) is 5.69 Å². The van der Waals surface area contributed by atoms with Gasteiger partial charge in [-0.05, 0) is 32.9 Å². The van der Waals surface area contributed by atoms with E-state index in [1.165, 1.54) is 11.3 Å². The summed E-state index contributed by atoms with van der Waals surface area (Å²) in [4.78, 5) is 19.9. The molecule has 2 heterocycles. The summed E-state index contributed by atoms with van der Waals surface area (Å²) in [5, 5.41) is 9.61. The quantitative estimate of drug-likeness (QED) is 0.932. The van der Waals surface area contributed by atoms with Crippen molar-refractivity contribution in [2.24, 2.45) is 0 Å². The number of aryl methyl sites for hydroxylation is 1. The lowest BCUT2D eigenvalue weighted by molar-refractivity contribution is 0.0690. The molecule has 0 saturated carbocycles. The maximum atomic E-state index is 10.9. The second-order valence-electron chi connectivity index (χ2n) is 4.43. The molecule has 0 aromatic carbocycles. The van der Waals surface area contributed by atoms with Gasteiger partial charge in [-0.2, -0.15) is 0 Å². The van der Waals surface area contributed by atoms with Gasteiger partial charge in [0.05, 0.1) is 12.0 Å². The predicted molar refractivity (Wildman–Crippen MR) is 75.4 cm³/mol. The van der Waals surface area contributed by atoms with Crippen molar-refractivity contribution in [3.05, 3.63) is 33.8 Å².